The molecule has 0 aliphatic carbocycles. The number of nitrogens with one attached hydrogen (secondary N) is 1. The molecule has 6 rings (SSSR count). The third kappa shape index (κ3) is 6.00. The number of benzene rings is 2. The first-order valence-electron chi connectivity index (χ1n) is 14.8. The van der Waals surface area contributed by atoms with Crippen molar-refractivity contribution in [3.05, 3.63) is 77.2 Å². The van der Waals surface area contributed by atoms with E-state index in [1.807, 2.05) is 4.90 Å². The largest absolute Gasteiger partial charge is 0.390 e. The van der Waals surface area contributed by atoms with Gasteiger partial charge in [-0.15, -0.1) is 0 Å². The molecule has 10 heteroatoms. The van der Waals surface area contributed by atoms with Crippen LogP contribution in [0.3, 0.4) is 0 Å². The Hall–Kier alpha value is -3.89. The highest BCUT2D eigenvalue weighted by Crippen LogP contribution is 2.27. The number of rotatable bonds is 5. The molecule has 2 N–H and O–H groups in total. The number of likely N-dealkylation sites (tertiary alicyclic amines) is 2. The summed E-state index contributed by atoms with van der Waals surface area (Å²) >= 11 is 0. The van der Waals surface area contributed by atoms with Crippen LogP contribution in [0.4, 0.5) is 10.2 Å². The number of nitrogens with zero attached hydrogens (tertiary/aromatic N) is 5. The Balaban J connectivity index is 1.19. The molecular weight excluding hydrogens is 535 g/mol. The number of carbonyl (C=O) groups excluding carboxylic acids is 2. The summed E-state index contributed by atoms with van der Waals surface area (Å²) in [5.41, 5.74) is 3.03. The maximum atomic E-state index is 14.8. The predicted molar refractivity (Wildman–Crippen MR) is 157 cm³/mol. The SMILES string of the molecule is CC(=O)N1CCC(Nc2cc(C(=O)N3CC[C@@H](N4CCc5ccccc5C4)[C@H](O)C3)nc(-c3ccccc3F)n2)CC1. The zero-order valence-corrected chi connectivity index (χ0v) is 23.9. The first-order chi connectivity index (χ1) is 20.4. The van der Waals surface area contributed by atoms with E-state index in [1.54, 1.807) is 36.1 Å². The fourth-order valence-electron chi connectivity index (χ4n) is 6.43. The number of anilines is 1. The molecule has 42 heavy (non-hydrogen) atoms. The highest BCUT2D eigenvalue weighted by molar-refractivity contribution is 5.93. The van der Waals surface area contributed by atoms with Gasteiger partial charge >= 0.3 is 0 Å². The Morgan fingerprint density at radius 2 is 1.64 bits per heavy atom. The molecule has 0 radical (unpaired) electrons. The van der Waals surface area contributed by atoms with E-state index in [9.17, 15) is 19.1 Å². The highest BCUT2D eigenvalue weighted by atomic mass is 19.1. The van der Waals surface area contributed by atoms with Crippen molar-refractivity contribution in [2.24, 2.45) is 0 Å². The van der Waals surface area contributed by atoms with Crippen LogP contribution >= 0.6 is 0 Å². The summed E-state index contributed by atoms with van der Waals surface area (Å²) in [5, 5.41) is 14.6. The first-order valence-corrected chi connectivity index (χ1v) is 14.8. The molecule has 2 atom stereocenters. The molecule has 0 spiro atoms. The van der Waals surface area contributed by atoms with Gasteiger partial charge in [-0.2, -0.15) is 0 Å². The fraction of sp³-hybridized carbons (Fsp3) is 0.438. The van der Waals surface area contributed by atoms with Crippen LogP contribution in [-0.2, 0) is 17.8 Å². The summed E-state index contributed by atoms with van der Waals surface area (Å²) in [7, 11) is 0. The normalized spacial score (nSPS) is 21.6. The zero-order valence-electron chi connectivity index (χ0n) is 23.9. The molecule has 1 aromatic heterocycles. The number of aromatic nitrogens is 2. The van der Waals surface area contributed by atoms with Gasteiger partial charge in [0.05, 0.1) is 11.7 Å². The number of halogens is 1. The third-order valence-corrected chi connectivity index (χ3v) is 8.82. The molecule has 2 fully saturated rings. The second kappa shape index (κ2) is 12.1. The molecule has 2 amide bonds. The Morgan fingerprint density at radius 1 is 0.929 bits per heavy atom. The number of hydrogen-bond donors (Lipinski definition) is 2. The topological polar surface area (TPSA) is 102 Å². The monoisotopic (exact) mass is 572 g/mol. The average Bonchev–Trinajstić information content (AvgIpc) is 3.00. The van der Waals surface area contributed by atoms with Gasteiger partial charge < -0.3 is 20.2 Å². The van der Waals surface area contributed by atoms with Gasteiger partial charge in [0, 0.05) is 64.3 Å². The number of β-amino-alcohol motifs (C(OH)–C–C–N with tert-alkyl or cyclic N) is 1. The van der Waals surface area contributed by atoms with Gasteiger partial charge in [0.15, 0.2) is 5.82 Å². The minimum absolute atomic E-state index is 0.0279. The van der Waals surface area contributed by atoms with Gasteiger partial charge in [-0.05, 0) is 48.9 Å². The lowest BCUT2D eigenvalue weighted by Crippen LogP contribution is -2.56. The van der Waals surface area contributed by atoms with Crippen LogP contribution in [0.25, 0.3) is 11.4 Å². The van der Waals surface area contributed by atoms with E-state index < -0.39 is 11.9 Å². The number of carbonyl (C=O) groups is 2. The molecule has 0 saturated carbocycles. The number of amides is 2. The second-order valence-electron chi connectivity index (χ2n) is 11.5. The first kappa shape index (κ1) is 28.2. The lowest BCUT2D eigenvalue weighted by molar-refractivity contribution is -0.129. The van der Waals surface area contributed by atoms with Crippen molar-refractivity contribution in [1.29, 1.82) is 0 Å². The summed E-state index contributed by atoms with van der Waals surface area (Å²) < 4.78 is 14.8. The smallest absolute Gasteiger partial charge is 0.272 e. The van der Waals surface area contributed by atoms with Gasteiger partial charge in [-0.25, -0.2) is 14.4 Å². The lowest BCUT2D eigenvalue weighted by atomic mass is 9.94. The predicted octanol–water partition coefficient (Wildman–Crippen LogP) is 3.34. The number of hydrogen-bond acceptors (Lipinski definition) is 7. The Kier molecular flexibility index (Phi) is 8.17. The summed E-state index contributed by atoms with van der Waals surface area (Å²) in [6.45, 7) is 5.22. The molecule has 3 aliphatic heterocycles. The standard InChI is InChI=1S/C32H37FN6O3/c1-21(40)37-15-11-24(12-16-37)34-30-18-27(35-31(36-30)25-8-4-5-9-26(25)33)32(42)39-17-13-28(29(41)20-39)38-14-10-22-6-2-3-7-23(22)19-38/h2-9,18,24,28-29,41H,10-17,19-20H2,1H3,(H,34,35,36)/t28-,29-/m1/s1. The van der Waals surface area contributed by atoms with Gasteiger partial charge in [-0.1, -0.05) is 36.4 Å². The van der Waals surface area contributed by atoms with E-state index in [0.29, 0.717) is 31.9 Å². The molecule has 4 heterocycles. The van der Waals surface area contributed by atoms with E-state index in [-0.39, 0.29) is 47.5 Å². The Bertz CT molecular complexity index is 1460. The Labute approximate surface area is 245 Å². The number of piperidine rings is 2. The summed E-state index contributed by atoms with van der Waals surface area (Å²) in [4.78, 5) is 40.4. The summed E-state index contributed by atoms with van der Waals surface area (Å²) in [6.07, 6.45) is 2.39. The molecule has 9 nitrogen and oxygen atoms in total. The quantitative estimate of drug-likeness (QED) is 0.484. The van der Waals surface area contributed by atoms with Crippen LogP contribution in [-0.4, -0.2) is 92.5 Å². The molecular formula is C32H37FN6O3. The zero-order chi connectivity index (χ0) is 29.2. The third-order valence-electron chi connectivity index (χ3n) is 8.82. The average molecular weight is 573 g/mol. The maximum Gasteiger partial charge on any atom is 0.272 e. The van der Waals surface area contributed by atoms with Gasteiger partial charge in [0.2, 0.25) is 5.91 Å². The molecule has 220 valence electrons. The number of aliphatic hydroxyl groups is 1. The van der Waals surface area contributed by atoms with Crippen LogP contribution in [0.15, 0.2) is 54.6 Å². The van der Waals surface area contributed by atoms with Crippen LogP contribution in [0.1, 0.15) is 47.8 Å². The van der Waals surface area contributed by atoms with Crippen molar-refractivity contribution in [1.82, 2.24) is 24.7 Å². The maximum absolute atomic E-state index is 14.8. The van der Waals surface area contributed by atoms with Gasteiger partial charge in [-0.3, -0.25) is 14.5 Å². The lowest BCUT2D eigenvalue weighted by Gasteiger charge is -2.43. The van der Waals surface area contributed by atoms with Crippen LogP contribution < -0.4 is 5.32 Å². The summed E-state index contributed by atoms with van der Waals surface area (Å²) in [6, 6.07) is 16.3. The van der Waals surface area contributed by atoms with E-state index in [2.05, 4.69) is 44.5 Å². The van der Waals surface area contributed by atoms with Gasteiger partial charge in [0.25, 0.3) is 5.91 Å². The van der Waals surface area contributed by atoms with Crippen molar-refractivity contribution in [2.45, 2.75) is 57.3 Å². The molecule has 0 bridgehead atoms. The summed E-state index contributed by atoms with van der Waals surface area (Å²) in [5.74, 6) is -0.158. The molecule has 3 aromatic rings. The van der Waals surface area contributed by atoms with E-state index in [4.69, 9.17) is 0 Å². The Morgan fingerprint density at radius 3 is 2.38 bits per heavy atom. The number of aliphatic hydroxyl groups excluding tert-OH is 1. The highest BCUT2D eigenvalue weighted by Gasteiger charge is 2.36. The van der Waals surface area contributed by atoms with E-state index >= 15 is 0 Å². The van der Waals surface area contributed by atoms with Crippen LogP contribution in [0.5, 0.6) is 0 Å². The van der Waals surface area contributed by atoms with Crippen molar-refractivity contribution in [2.75, 3.05) is 38.0 Å². The number of fused-ring (bicyclic) bond motifs is 1. The molecule has 3 aliphatic rings. The fourth-order valence-corrected chi connectivity index (χ4v) is 6.43. The van der Waals surface area contributed by atoms with Crippen molar-refractivity contribution < 1.29 is 19.1 Å². The van der Waals surface area contributed by atoms with E-state index in [0.717, 1.165) is 32.4 Å². The van der Waals surface area contributed by atoms with Crippen molar-refractivity contribution in [3.8, 4) is 11.4 Å². The molecule has 2 aromatic carbocycles. The van der Waals surface area contributed by atoms with Crippen molar-refractivity contribution in [3.63, 3.8) is 0 Å². The molecule has 0 unspecified atom stereocenters. The molecule has 2 saturated heterocycles. The van der Waals surface area contributed by atoms with Gasteiger partial charge in [0.1, 0.15) is 17.3 Å². The van der Waals surface area contributed by atoms with Crippen LogP contribution in [0.2, 0.25) is 0 Å². The van der Waals surface area contributed by atoms with E-state index in [1.165, 1.54) is 17.2 Å². The minimum atomic E-state index is -0.690. The minimum Gasteiger partial charge on any atom is -0.390 e. The van der Waals surface area contributed by atoms with Crippen molar-refractivity contribution >= 4 is 17.6 Å². The second-order valence-corrected chi connectivity index (χ2v) is 11.5. The van der Waals surface area contributed by atoms with Crippen LogP contribution in [0, 0.1) is 5.82 Å².